The van der Waals surface area contributed by atoms with E-state index < -0.39 is 10.5 Å². The summed E-state index contributed by atoms with van der Waals surface area (Å²) in [6, 6.07) is 9.30. The van der Waals surface area contributed by atoms with Gasteiger partial charge in [-0.3, -0.25) is 9.59 Å². The summed E-state index contributed by atoms with van der Waals surface area (Å²) >= 11 is 23.0. The van der Waals surface area contributed by atoms with Gasteiger partial charge in [0, 0.05) is 32.3 Å². The van der Waals surface area contributed by atoms with Crippen LogP contribution < -0.4 is 0 Å². The van der Waals surface area contributed by atoms with E-state index in [0.29, 0.717) is 32.3 Å². The van der Waals surface area contributed by atoms with E-state index in [9.17, 15) is 9.59 Å². The van der Waals surface area contributed by atoms with Crippen LogP contribution in [-0.2, 0) is 0 Å². The quantitative estimate of drug-likeness (QED) is 0.695. The van der Waals surface area contributed by atoms with Gasteiger partial charge in [-0.05, 0) is 47.5 Å². The van der Waals surface area contributed by atoms with Crippen molar-refractivity contribution in [2.75, 3.05) is 0 Å². The van der Waals surface area contributed by atoms with Gasteiger partial charge in [0.2, 0.25) is 0 Å². The van der Waals surface area contributed by atoms with Crippen molar-refractivity contribution in [1.82, 2.24) is 0 Å². The number of benzene rings is 2. The highest BCUT2D eigenvalue weighted by Crippen LogP contribution is 2.34. The maximum Gasteiger partial charge on any atom is 0.252 e. The summed E-state index contributed by atoms with van der Waals surface area (Å²) in [7, 11) is 0. The van der Waals surface area contributed by atoms with Crippen LogP contribution in [0.3, 0.4) is 0 Å². The largest absolute Gasteiger partial charge is 0.276 e. The Morgan fingerprint density at radius 3 is 1.30 bits per heavy atom. The molecular weight excluding hydrogens is 342 g/mol. The first-order valence-corrected chi connectivity index (χ1v) is 6.90. The van der Waals surface area contributed by atoms with Crippen molar-refractivity contribution in [3.63, 3.8) is 0 Å². The summed E-state index contributed by atoms with van der Waals surface area (Å²) in [5, 5.41) is -0.507. The van der Waals surface area contributed by atoms with Gasteiger partial charge in [0.1, 0.15) is 0 Å². The molecule has 0 spiro atoms. The summed E-state index contributed by atoms with van der Waals surface area (Å²) in [6.07, 6.45) is 0. The average molecular weight is 348 g/mol. The first kappa shape index (κ1) is 15.3. The lowest BCUT2D eigenvalue weighted by Gasteiger charge is -2.08. The van der Waals surface area contributed by atoms with Crippen LogP contribution in [0, 0.1) is 0 Å². The second kappa shape index (κ2) is 6.15. The van der Waals surface area contributed by atoms with Crippen molar-refractivity contribution >= 4 is 56.9 Å². The molecule has 0 aliphatic rings. The Hall–Kier alpha value is -1.06. The molecule has 2 aromatic carbocycles. The smallest absolute Gasteiger partial charge is 0.252 e. The van der Waals surface area contributed by atoms with Crippen LogP contribution in [0.5, 0.6) is 0 Å². The van der Waals surface area contributed by atoms with Crippen molar-refractivity contribution in [1.29, 1.82) is 0 Å². The van der Waals surface area contributed by atoms with Crippen LogP contribution in [0.1, 0.15) is 20.7 Å². The summed E-state index contributed by atoms with van der Waals surface area (Å²) in [6.45, 7) is 0. The maximum atomic E-state index is 11.1. The molecule has 2 rings (SSSR count). The third-order valence-corrected chi connectivity index (χ3v) is 3.74. The molecule has 0 aliphatic heterocycles. The number of carbonyl (C=O) groups excluding carboxylic acids is 2. The second-order valence-corrected chi connectivity index (χ2v) is 5.44. The molecule has 0 saturated heterocycles. The van der Waals surface area contributed by atoms with Gasteiger partial charge in [-0.25, -0.2) is 0 Å². The number of hydrogen-bond acceptors (Lipinski definition) is 2. The fourth-order valence-corrected chi connectivity index (χ4v) is 2.51. The summed E-state index contributed by atoms with van der Waals surface area (Å²) in [5.74, 6) is 0. The summed E-state index contributed by atoms with van der Waals surface area (Å²) < 4.78 is 0. The lowest BCUT2D eigenvalue weighted by molar-refractivity contribution is 0.107. The Kier molecular flexibility index (Phi) is 4.71. The molecule has 0 radical (unpaired) electrons. The standard InChI is InChI=1S/C14H6Cl4O2/c15-11-5-7(13(17)19)1-3-9(11)10-4-2-8(14(18)20)6-12(10)16/h1-6H. The van der Waals surface area contributed by atoms with Gasteiger partial charge in [0.25, 0.3) is 10.5 Å². The van der Waals surface area contributed by atoms with E-state index in [1.807, 2.05) is 0 Å². The zero-order valence-corrected chi connectivity index (χ0v) is 12.8. The van der Waals surface area contributed by atoms with Crippen LogP contribution in [0.4, 0.5) is 0 Å². The van der Waals surface area contributed by atoms with Crippen molar-refractivity contribution in [3.05, 3.63) is 57.6 Å². The molecule has 0 fully saturated rings. The van der Waals surface area contributed by atoms with Crippen molar-refractivity contribution in [3.8, 4) is 11.1 Å². The Bertz CT molecular complexity index is 649. The second-order valence-electron chi connectivity index (χ2n) is 3.94. The number of halogens is 4. The number of rotatable bonds is 3. The molecule has 0 amide bonds. The molecule has 102 valence electrons. The number of hydrogen-bond donors (Lipinski definition) is 0. The normalized spacial score (nSPS) is 10.4. The highest BCUT2D eigenvalue weighted by molar-refractivity contribution is 6.68. The van der Waals surface area contributed by atoms with E-state index in [4.69, 9.17) is 46.4 Å². The van der Waals surface area contributed by atoms with Gasteiger partial charge in [0.15, 0.2) is 0 Å². The highest BCUT2D eigenvalue weighted by Gasteiger charge is 2.12. The Labute approximate surface area is 135 Å². The molecular formula is C14H6Cl4O2. The molecule has 0 aliphatic carbocycles. The van der Waals surface area contributed by atoms with Crippen LogP contribution in [0.15, 0.2) is 36.4 Å². The molecule has 0 heterocycles. The van der Waals surface area contributed by atoms with Crippen molar-refractivity contribution in [2.24, 2.45) is 0 Å². The predicted octanol–water partition coefficient (Wildman–Crippen LogP) is 5.42. The topological polar surface area (TPSA) is 34.1 Å². The van der Waals surface area contributed by atoms with E-state index in [0.717, 1.165) is 0 Å². The Morgan fingerprint density at radius 2 is 1.05 bits per heavy atom. The summed E-state index contributed by atoms with van der Waals surface area (Å²) in [5.41, 5.74) is 1.85. The van der Waals surface area contributed by atoms with Crippen molar-refractivity contribution in [2.45, 2.75) is 0 Å². The zero-order chi connectivity index (χ0) is 14.9. The van der Waals surface area contributed by atoms with E-state index in [-0.39, 0.29) is 0 Å². The van der Waals surface area contributed by atoms with Gasteiger partial charge in [-0.2, -0.15) is 0 Å². The Morgan fingerprint density at radius 1 is 0.700 bits per heavy atom. The van der Waals surface area contributed by atoms with Gasteiger partial charge in [-0.1, -0.05) is 35.3 Å². The molecule has 0 saturated carbocycles. The van der Waals surface area contributed by atoms with Crippen LogP contribution in [0.2, 0.25) is 10.0 Å². The minimum Gasteiger partial charge on any atom is -0.276 e. The van der Waals surface area contributed by atoms with Crippen LogP contribution >= 0.6 is 46.4 Å². The van der Waals surface area contributed by atoms with E-state index >= 15 is 0 Å². The molecule has 0 atom stereocenters. The predicted molar refractivity (Wildman–Crippen MR) is 82.3 cm³/mol. The van der Waals surface area contributed by atoms with Gasteiger partial charge in [0.05, 0.1) is 0 Å². The number of carbonyl (C=O) groups is 2. The molecule has 0 unspecified atom stereocenters. The SMILES string of the molecule is O=C(Cl)c1ccc(-c2ccc(C(=O)Cl)cc2Cl)c(Cl)c1. The van der Waals surface area contributed by atoms with E-state index in [1.54, 1.807) is 24.3 Å². The zero-order valence-electron chi connectivity index (χ0n) is 9.79. The van der Waals surface area contributed by atoms with E-state index in [2.05, 4.69) is 0 Å². The lowest BCUT2D eigenvalue weighted by Crippen LogP contribution is -1.92. The fraction of sp³-hybridized carbons (Fsp3) is 0. The first-order valence-electron chi connectivity index (χ1n) is 5.39. The van der Waals surface area contributed by atoms with Crippen molar-refractivity contribution < 1.29 is 9.59 Å². The minimum absolute atomic E-state index is 0.295. The van der Waals surface area contributed by atoms with E-state index in [1.165, 1.54) is 12.1 Å². The molecule has 0 bridgehead atoms. The summed E-state index contributed by atoms with van der Waals surface area (Å²) in [4.78, 5) is 22.1. The van der Waals surface area contributed by atoms with Gasteiger partial charge >= 0.3 is 0 Å². The molecule has 0 aromatic heterocycles. The first-order chi connectivity index (χ1) is 9.40. The monoisotopic (exact) mass is 346 g/mol. The van der Waals surface area contributed by atoms with Gasteiger partial charge in [-0.15, -0.1) is 0 Å². The molecule has 6 heteroatoms. The lowest BCUT2D eigenvalue weighted by atomic mass is 10.0. The fourth-order valence-electron chi connectivity index (χ4n) is 1.71. The Balaban J connectivity index is 2.52. The molecule has 20 heavy (non-hydrogen) atoms. The highest BCUT2D eigenvalue weighted by atomic mass is 35.5. The van der Waals surface area contributed by atoms with Gasteiger partial charge < -0.3 is 0 Å². The molecule has 2 aromatic rings. The third kappa shape index (κ3) is 3.15. The molecule has 0 N–H and O–H groups in total. The van der Waals surface area contributed by atoms with Crippen LogP contribution in [0.25, 0.3) is 11.1 Å². The third-order valence-electron chi connectivity index (χ3n) is 2.68. The van der Waals surface area contributed by atoms with Crippen LogP contribution in [-0.4, -0.2) is 10.5 Å². The minimum atomic E-state index is -0.590. The maximum absolute atomic E-state index is 11.1. The molecule has 2 nitrogen and oxygen atoms in total. The average Bonchev–Trinajstić information content (AvgIpc) is 2.38.